The summed E-state index contributed by atoms with van der Waals surface area (Å²) in [5.74, 6) is 0.405. The number of anilines is 1. The number of nitrogen functional groups attached to an aromatic ring is 1. The van der Waals surface area contributed by atoms with Crippen LogP contribution in [0.4, 0.5) is 5.69 Å². The van der Waals surface area contributed by atoms with Crippen molar-refractivity contribution in [2.24, 2.45) is 11.3 Å². The summed E-state index contributed by atoms with van der Waals surface area (Å²) >= 11 is 0. The van der Waals surface area contributed by atoms with Crippen LogP contribution in [-0.4, -0.2) is 17.4 Å². The Morgan fingerprint density at radius 1 is 1.69 bits per heavy atom. The maximum Gasteiger partial charge on any atom is 0.272 e. The van der Waals surface area contributed by atoms with Gasteiger partial charge in [-0.3, -0.25) is 4.79 Å². The maximum absolute atomic E-state index is 11.8. The first kappa shape index (κ1) is 10.9. The number of hydrogen-bond acceptors (Lipinski definition) is 3. The fourth-order valence-corrected chi connectivity index (χ4v) is 1.83. The van der Waals surface area contributed by atoms with Gasteiger partial charge in [0.15, 0.2) is 5.69 Å². The van der Waals surface area contributed by atoms with E-state index in [-0.39, 0.29) is 5.91 Å². The van der Waals surface area contributed by atoms with Gasteiger partial charge in [0.05, 0.1) is 5.69 Å². The van der Waals surface area contributed by atoms with Crippen molar-refractivity contribution in [3.8, 4) is 0 Å². The molecule has 1 fully saturated rings. The Morgan fingerprint density at radius 3 is 2.94 bits per heavy atom. The number of aromatic nitrogens is 1. The third-order valence-corrected chi connectivity index (χ3v) is 3.28. The predicted octanol–water partition coefficient (Wildman–Crippen LogP) is 1.44. The van der Waals surface area contributed by atoms with Gasteiger partial charge in [0.2, 0.25) is 0 Å². The molecule has 3 N–H and O–H groups in total. The Morgan fingerprint density at radius 2 is 2.38 bits per heavy atom. The lowest BCUT2D eigenvalue weighted by Crippen LogP contribution is -2.28. The van der Waals surface area contributed by atoms with E-state index in [0.29, 0.717) is 29.3 Å². The van der Waals surface area contributed by atoms with Crippen molar-refractivity contribution in [3.05, 3.63) is 24.0 Å². The highest BCUT2D eigenvalue weighted by molar-refractivity contribution is 5.96. The molecule has 1 aromatic heterocycles. The molecule has 0 saturated heterocycles. The van der Waals surface area contributed by atoms with Gasteiger partial charge in [0.25, 0.3) is 5.91 Å². The largest absolute Gasteiger partial charge is 0.397 e. The second-order valence-electron chi connectivity index (χ2n) is 5.04. The van der Waals surface area contributed by atoms with Crippen molar-refractivity contribution in [2.45, 2.75) is 20.3 Å². The maximum atomic E-state index is 11.8. The van der Waals surface area contributed by atoms with Gasteiger partial charge in [-0.15, -0.1) is 0 Å². The Labute approximate surface area is 95.3 Å². The van der Waals surface area contributed by atoms with Gasteiger partial charge in [-0.25, -0.2) is 4.98 Å². The predicted molar refractivity (Wildman–Crippen MR) is 62.9 cm³/mol. The van der Waals surface area contributed by atoms with E-state index in [9.17, 15) is 4.79 Å². The number of nitrogens with two attached hydrogens (primary N) is 1. The zero-order chi connectivity index (χ0) is 11.8. The molecule has 16 heavy (non-hydrogen) atoms. The van der Waals surface area contributed by atoms with Crippen molar-refractivity contribution >= 4 is 11.6 Å². The van der Waals surface area contributed by atoms with Gasteiger partial charge >= 0.3 is 0 Å². The van der Waals surface area contributed by atoms with Gasteiger partial charge in [-0.1, -0.05) is 13.8 Å². The lowest BCUT2D eigenvalue weighted by atomic mass is 10.1. The molecular weight excluding hydrogens is 202 g/mol. The van der Waals surface area contributed by atoms with Gasteiger partial charge in [0.1, 0.15) is 0 Å². The molecule has 1 heterocycles. The van der Waals surface area contributed by atoms with E-state index in [0.717, 1.165) is 0 Å². The molecule has 0 radical (unpaired) electrons. The highest BCUT2D eigenvalue weighted by Crippen LogP contribution is 2.50. The number of hydrogen-bond donors (Lipinski definition) is 2. The summed E-state index contributed by atoms with van der Waals surface area (Å²) in [6.07, 6.45) is 2.75. The van der Waals surface area contributed by atoms with Crippen LogP contribution < -0.4 is 11.1 Å². The summed E-state index contributed by atoms with van der Waals surface area (Å²) in [7, 11) is 0. The third-order valence-electron chi connectivity index (χ3n) is 3.28. The Hall–Kier alpha value is -1.58. The normalized spacial score (nSPS) is 21.5. The molecule has 1 aliphatic carbocycles. The lowest BCUT2D eigenvalue weighted by molar-refractivity contribution is 0.0946. The molecular formula is C12H17N3O. The van der Waals surface area contributed by atoms with E-state index in [2.05, 4.69) is 24.1 Å². The van der Waals surface area contributed by atoms with E-state index >= 15 is 0 Å². The van der Waals surface area contributed by atoms with Gasteiger partial charge in [-0.2, -0.15) is 0 Å². The van der Waals surface area contributed by atoms with Crippen LogP contribution in [0.25, 0.3) is 0 Å². The molecule has 1 unspecified atom stereocenters. The van der Waals surface area contributed by atoms with Crippen LogP contribution in [0.1, 0.15) is 30.8 Å². The number of nitrogens with zero attached hydrogens (tertiary/aromatic N) is 1. The van der Waals surface area contributed by atoms with E-state index in [1.54, 1.807) is 18.3 Å². The fraction of sp³-hybridized carbons (Fsp3) is 0.500. The lowest BCUT2D eigenvalue weighted by Gasteiger charge is -2.07. The molecule has 86 valence electrons. The van der Waals surface area contributed by atoms with Crippen molar-refractivity contribution < 1.29 is 4.79 Å². The summed E-state index contributed by atoms with van der Waals surface area (Å²) in [6.45, 7) is 5.12. The first-order valence-electron chi connectivity index (χ1n) is 5.49. The van der Waals surface area contributed by atoms with Gasteiger partial charge in [0, 0.05) is 12.7 Å². The van der Waals surface area contributed by atoms with Crippen LogP contribution in [0.15, 0.2) is 18.3 Å². The molecule has 0 bridgehead atoms. The zero-order valence-electron chi connectivity index (χ0n) is 9.66. The summed E-state index contributed by atoms with van der Waals surface area (Å²) in [5, 5.41) is 2.88. The Balaban J connectivity index is 1.92. The zero-order valence-corrected chi connectivity index (χ0v) is 9.66. The molecule has 1 aromatic rings. The number of pyridine rings is 1. The van der Waals surface area contributed by atoms with Crippen molar-refractivity contribution in [2.75, 3.05) is 12.3 Å². The molecule has 1 amide bonds. The van der Waals surface area contributed by atoms with Crippen LogP contribution in [0, 0.1) is 11.3 Å². The van der Waals surface area contributed by atoms with E-state index < -0.39 is 0 Å². The van der Waals surface area contributed by atoms with Crippen LogP contribution in [0.2, 0.25) is 0 Å². The SMILES string of the molecule is CC1(C)CC1CNC(=O)c1ncccc1N. The second-order valence-corrected chi connectivity index (χ2v) is 5.04. The number of amides is 1. The first-order valence-corrected chi connectivity index (χ1v) is 5.49. The molecule has 4 nitrogen and oxygen atoms in total. The molecule has 0 aromatic carbocycles. The van der Waals surface area contributed by atoms with Crippen LogP contribution in [-0.2, 0) is 0 Å². The summed E-state index contributed by atoms with van der Waals surface area (Å²) in [4.78, 5) is 15.7. The monoisotopic (exact) mass is 219 g/mol. The summed E-state index contributed by atoms with van der Waals surface area (Å²) in [6, 6.07) is 3.40. The van der Waals surface area contributed by atoms with Gasteiger partial charge < -0.3 is 11.1 Å². The molecule has 1 saturated carbocycles. The number of carbonyl (C=O) groups is 1. The summed E-state index contributed by atoms with van der Waals surface area (Å²) < 4.78 is 0. The van der Waals surface area contributed by atoms with E-state index in [4.69, 9.17) is 5.73 Å². The second kappa shape index (κ2) is 3.77. The van der Waals surface area contributed by atoms with Crippen LogP contribution >= 0.6 is 0 Å². The molecule has 4 heteroatoms. The number of rotatable bonds is 3. The minimum atomic E-state index is -0.180. The highest BCUT2D eigenvalue weighted by atomic mass is 16.1. The van der Waals surface area contributed by atoms with E-state index in [1.807, 2.05) is 0 Å². The topological polar surface area (TPSA) is 68.0 Å². The average Bonchev–Trinajstić information content (AvgIpc) is 2.84. The number of carbonyl (C=O) groups excluding carboxylic acids is 1. The quantitative estimate of drug-likeness (QED) is 0.808. The molecule has 0 aliphatic heterocycles. The minimum Gasteiger partial charge on any atom is -0.397 e. The summed E-state index contributed by atoms with van der Waals surface area (Å²) in [5.41, 5.74) is 6.80. The van der Waals surface area contributed by atoms with Crippen LogP contribution in [0.3, 0.4) is 0 Å². The van der Waals surface area contributed by atoms with Crippen molar-refractivity contribution in [1.82, 2.24) is 10.3 Å². The van der Waals surface area contributed by atoms with Crippen LogP contribution in [0.5, 0.6) is 0 Å². The van der Waals surface area contributed by atoms with E-state index in [1.165, 1.54) is 6.42 Å². The molecule has 1 atom stereocenters. The Kier molecular flexibility index (Phi) is 2.58. The molecule has 2 rings (SSSR count). The Bertz CT molecular complexity index is 414. The molecule has 1 aliphatic rings. The fourth-order valence-electron chi connectivity index (χ4n) is 1.83. The first-order chi connectivity index (χ1) is 7.50. The van der Waals surface area contributed by atoms with Crippen molar-refractivity contribution in [1.29, 1.82) is 0 Å². The molecule has 0 spiro atoms. The number of nitrogens with one attached hydrogen (secondary N) is 1. The van der Waals surface area contributed by atoms with Gasteiger partial charge in [-0.05, 0) is 29.9 Å². The third kappa shape index (κ3) is 2.15. The average molecular weight is 219 g/mol. The highest BCUT2D eigenvalue weighted by Gasteiger charge is 2.45. The minimum absolute atomic E-state index is 0.180. The smallest absolute Gasteiger partial charge is 0.272 e. The van der Waals surface area contributed by atoms with Crippen molar-refractivity contribution in [3.63, 3.8) is 0 Å². The standard InChI is InChI=1S/C12H17N3O/c1-12(2)6-8(12)7-15-11(16)10-9(13)4-3-5-14-10/h3-5,8H,6-7,13H2,1-2H3,(H,15,16).